The molecule has 0 bridgehead atoms. The number of hydrogen-bond acceptors (Lipinski definition) is 3. The van der Waals surface area contributed by atoms with Gasteiger partial charge in [0, 0.05) is 28.9 Å². The monoisotopic (exact) mass is 241 g/mol. The quantitative estimate of drug-likeness (QED) is 0.824. The van der Waals surface area contributed by atoms with Crippen molar-refractivity contribution in [3.63, 3.8) is 0 Å². The van der Waals surface area contributed by atoms with Crippen LogP contribution in [0.1, 0.15) is 18.5 Å². The van der Waals surface area contributed by atoms with Crippen LogP contribution in [-0.4, -0.2) is 29.9 Å². The number of rotatable bonds is 6. The van der Waals surface area contributed by atoms with Crippen LogP contribution in [0.3, 0.4) is 0 Å². The van der Waals surface area contributed by atoms with Gasteiger partial charge < -0.3 is 10.1 Å². The van der Waals surface area contributed by atoms with Crippen molar-refractivity contribution in [1.29, 1.82) is 0 Å². The molecular weight excluding hydrogens is 222 g/mol. The van der Waals surface area contributed by atoms with Gasteiger partial charge in [0.25, 0.3) is 0 Å². The molecule has 0 aromatic heterocycles. The van der Waals surface area contributed by atoms with Crippen LogP contribution in [0.2, 0.25) is 0 Å². The van der Waals surface area contributed by atoms with E-state index in [2.05, 4.69) is 5.32 Å². The van der Waals surface area contributed by atoms with Gasteiger partial charge in [0.05, 0.1) is 6.61 Å². The van der Waals surface area contributed by atoms with E-state index in [1.165, 1.54) is 0 Å². The summed E-state index contributed by atoms with van der Waals surface area (Å²) >= 11 is 0. The second-order valence-electron chi connectivity index (χ2n) is 3.58. The molecular formula is C12H19NO2S. The van der Waals surface area contributed by atoms with Gasteiger partial charge in [-0.15, -0.1) is 0 Å². The SMILES string of the molecule is CCOc1ccc(C(CS(C)=O)NC)cc1. The van der Waals surface area contributed by atoms with E-state index in [4.69, 9.17) is 4.74 Å². The van der Waals surface area contributed by atoms with Gasteiger partial charge in [-0.3, -0.25) is 4.21 Å². The summed E-state index contributed by atoms with van der Waals surface area (Å²) in [7, 11) is 1.08. The Bertz CT molecular complexity index is 337. The first-order valence-electron chi connectivity index (χ1n) is 5.37. The Morgan fingerprint density at radius 2 is 2.00 bits per heavy atom. The molecule has 2 unspecified atom stereocenters. The molecule has 0 amide bonds. The van der Waals surface area contributed by atoms with Crippen molar-refractivity contribution in [2.75, 3.05) is 25.7 Å². The van der Waals surface area contributed by atoms with Gasteiger partial charge >= 0.3 is 0 Å². The molecule has 0 saturated heterocycles. The summed E-state index contributed by atoms with van der Waals surface area (Å²) in [4.78, 5) is 0. The molecule has 0 fully saturated rings. The lowest BCUT2D eigenvalue weighted by molar-refractivity contribution is 0.340. The van der Waals surface area contributed by atoms with Crippen molar-refractivity contribution in [2.45, 2.75) is 13.0 Å². The minimum atomic E-state index is -0.799. The van der Waals surface area contributed by atoms with Gasteiger partial charge in [-0.05, 0) is 31.7 Å². The van der Waals surface area contributed by atoms with Crippen molar-refractivity contribution in [3.05, 3.63) is 29.8 Å². The van der Waals surface area contributed by atoms with E-state index in [-0.39, 0.29) is 6.04 Å². The highest BCUT2D eigenvalue weighted by atomic mass is 32.2. The van der Waals surface area contributed by atoms with E-state index in [0.29, 0.717) is 12.4 Å². The predicted molar refractivity (Wildman–Crippen MR) is 68.3 cm³/mol. The zero-order valence-electron chi connectivity index (χ0n) is 10.0. The Labute approximate surface area is 99.7 Å². The normalized spacial score (nSPS) is 14.4. The molecule has 2 atom stereocenters. The first-order chi connectivity index (χ1) is 7.67. The lowest BCUT2D eigenvalue weighted by Gasteiger charge is -2.15. The van der Waals surface area contributed by atoms with E-state index in [1.807, 2.05) is 38.2 Å². The highest BCUT2D eigenvalue weighted by Gasteiger charge is 2.10. The lowest BCUT2D eigenvalue weighted by atomic mass is 10.1. The van der Waals surface area contributed by atoms with Crippen LogP contribution >= 0.6 is 0 Å². The first-order valence-corrected chi connectivity index (χ1v) is 7.10. The van der Waals surface area contributed by atoms with Gasteiger partial charge in [0.2, 0.25) is 0 Å². The van der Waals surface area contributed by atoms with Gasteiger partial charge in [-0.1, -0.05) is 12.1 Å². The fraction of sp³-hybridized carbons (Fsp3) is 0.500. The van der Waals surface area contributed by atoms with Crippen LogP contribution in [0.15, 0.2) is 24.3 Å². The zero-order valence-corrected chi connectivity index (χ0v) is 10.8. The summed E-state index contributed by atoms with van der Waals surface area (Å²) < 4.78 is 16.6. The topological polar surface area (TPSA) is 38.3 Å². The summed E-state index contributed by atoms with van der Waals surface area (Å²) in [6.45, 7) is 2.64. The fourth-order valence-electron chi connectivity index (χ4n) is 1.54. The fourth-order valence-corrected chi connectivity index (χ4v) is 2.37. The molecule has 16 heavy (non-hydrogen) atoms. The second kappa shape index (κ2) is 6.66. The molecule has 90 valence electrons. The van der Waals surface area contributed by atoms with Crippen LogP contribution < -0.4 is 10.1 Å². The van der Waals surface area contributed by atoms with E-state index >= 15 is 0 Å². The largest absolute Gasteiger partial charge is 0.494 e. The molecule has 1 aromatic carbocycles. The lowest BCUT2D eigenvalue weighted by Crippen LogP contribution is -2.22. The van der Waals surface area contributed by atoms with Crippen LogP contribution in [-0.2, 0) is 10.8 Å². The maximum atomic E-state index is 11.2. The third-order valence-electron chi connectivity index (χ3n) is 2.34. The number of benzene rings is 1. The van der Waals surface area contributed by atoms with E-state index < -0.39 is 10.8 Å². The Kier molecular flexibility index (Phi) is 5.49. The van der Waals surface area contributed by atoms with Gasteiger partial charge in [0.1, 0.15) is 5.75 Å². The summed E-state index contributed by atoms with van der Waals surface area (Å²) in [5.74, 6) is 1.50. The van der Waals surface area contributed by atoms with E-state index in [1.54, 1.807) is 6.26 Å². The average Bonchev–Trinajstić information content (AvgIpc) is 2.27. The second-order valence-corrected chi connectivity index (χ2v) is 5.06. The molecule has 3 nitrogen and oxygen atoms in total. The predicted octanol–water partition coefficient (Wildman–Crippen LogP) is 1.72. The molecule has 0 aliphatic heterocycles. The van der Waals surface area contributed by atoms with Gasteiger partial charge in [-0.25, -0.2) is 0 Å². The summed E-state index contributed by atoms with van der Waals surface area (Å²) in [5, 5.41) is 3.17. The Balaban J connectivity index is 2.73. The maximum Gasteiger partial charge on any atom is 0.119 e. The molecule has 0 aliphatic rings. The molecule has 1 N–H and O–H groups in total. The van der Waals surface area contributed by atoms with Crippen LogP contribution in [0.4, 0.5) is 0 Å². The van der Waals surface area contributed by atoms with E-state index in [9.17, 15) is 4.21 Å². The Morgan fingerprint density at radius 1 is 1.38 bits per heavy atom. The van der Waals surface area contributed by atoms with Crippen LogP contribution in [0.25, 0.3) is 0 Å². The first kappa shape index (κ1) is 13.2. The van der Waals surface area contributed by atoms with Gasteiger partial charge in [0.15, 0.2) is 0 Å². The highest BCUT2D eigenvalue weighted by Crippen LogP contribution is 2.18. The minimum absolute atomic E-state index is 0.140. The third-order valence-corrected chi connectivity index (χ3v) is 3.15. The van der Waals surface area contributed by atoms with Crippen molar-refractivity contribution in [2.24, 2.45) is 0 Å². The molecule has 1 aromatic rings. The number of ether oxygens (including phenoxy) is 1. The molecule has 0 aliphatic carbocycles. The van der Waals surface area contributed by atoms with E-state index in [0.717, 1.165) is 11.3 Å². The standard InChI is InChI=1S/C12H19NO2S/c1-4-15-11-7-5-10(6-8-11)12(13-2)9-16(3)14/h5-8,12-13H,4,9H2,1-3H3. The summed E-state index contributed by atoms with van der Waals surface area (Å²) in [5.41, 5.74) is 1.14. The van der Waals surface area contributed by atoms with Crippen molar-refractivity contribution in [1.82, 2.24) is 5.32 Å². The van der Waals surface area contributed by atoms with Crippen molar-refractivity contribution < 1.29 is 8.95 Å². The van der Waals surface area contributed by atoms with Crippen LogP contribution in [0.5, 0.6) is 5.75 Å². The van der Waals surface area contributed by atoms with Crippen LogP contribution in [0, 0.1) is 0 Å². The molecule has 0 radical (unpaired) electrons. The Hall–Kier alpha value is -0.870. The smallest absolute Gasteiger partial charge is 0.119 e. The minimum Gasteiger partial charge on any atom is -0.494 e. The summed E-state index contributed by atoms with van der Waals surface area (Å²) in [6, 6.07) is 8.06. The number of hydrogen-bond donors (Lipinski definition) is 1. The molecule has 0 spiro atoms. The number of nitrogens with one attached hydrogen (secondary N) is 1. The zero-order chi connectivity index (χ0) is 12.0. The van der Waals surface area contributed by atoms with Crippen molar-refractivity contribution in [3.8, 4) is 5.75 Å². The van der Waals surface area contributed by atoms with Gasteiger partial charge in [-0.2, -0.15) is 0 Å². The maximum absolute atomic E-state index is 11.2. The molecule has 0 heterocycles. The van der Waals surface area contributed by atoms with Crippen molar-refractivity contribution >= 4 is 10.8 Å². The molecule has 1 rings (SSSR count). The third kappa shape index (κ3) is 3.94. The average molecular weight is 241 g/mol. The molecule has 0 saturated carbocycles. The summed E-state index contributed by atoms with van der Waals surface area (Å²) in [6.07, 6.45) is 1.72. The highest BCUT2D eigenvalue weighted by molar-refractivity contribution is 7.84. The molecule has 4 heteroatoms. The Morgan fingerprint density at radius 3 is 2.44 bits per heavy atom.